The number of piperazine rings is 1. The largest absolute Gasteiger partial charge is 0.456 e. The summed E-state index contributed by atoms with van der Waals surface area (Å²) in [5.41, 5.74) is 2.41. The van der Waals surface area contributed by atoms with Crippen molar-refractivity contribution < 1.29 is 9.21 Å². The molecule has 1 aliphatic rings. The third-order valence-electron chi connectivity index (χ3n) is 4.76. The van der Waals surface area contributed by atoms with E-state index in [9.17, 15) is 4.79 Å². The summed E-state index contributed by atoms with van der Waals surface area (Å²) in [6, 6.07) is 12.0. The predicted octanol–water partition coefficient (Wildman–Crippen LogP) is 2.66. The van der Waals surface area contributed by atoms with Gasteiger partial charge in [-0.15, -0.1) is 0 Å². The van der Waals surface area contributed by atoms with Crippen LogP contribution >= 0.6 is 0 Å². The van der Waals surface area contributed by atoms with E-state index in [1.807, 2.05) is 6.92 Å². The Balaban J connectivity index is 1.46. The molecule has 0 bridgehead atoms. The van der Waals surface area contributed by atoms with Crippen LogP contribution in [0.4, 0.5) is 0 Å². The molecule has 2 aromatic rings. The summed E-state index contributed by atoms with van der Waals surface area (Å²) in [5.74, 6) is 0.931. The Morgan fingerprint density at radius 3 is 2.24 bits per heavy atom. The maximum atomic E-state index is 12.0. The second kappa shape index (κ2) is 8.32. The molecule has 2 heterocycles. The van der Waals surface area contributed by atoms with E-state index in [0.717, 1.165) is 50.6 Å². The van der Waals surface area contributed by atoms with Crippen LogP contribution < -0.4 is 5.32 Å². The van der Waals surface area contributed by atoms with Crippen LogP contribution in [0.25, 0.3) is 0 Å². The van der Waals surface area contributed by atoms with Crippen molar-refractivity contribution in [3.63, 3.8) is 0 Å². The number of benzene rings is 1. The molecule has 0 spiro atoms. The van der Waals surface area contributed by atoms with Crippen LogP contribution in [0.3, 0.4) is 0 Å². The van der Waals surface area contributed by atoms with Gasteiger partial charge in [-0.25, -0.2) is 0 Å². The van der Waals surface area contributed by atoms with Crippen LogP contribution in [0.5, 0.6) is 0 Å². The number of carbonyl (C=O) groups excluding carboxylic acids is 1. The van der Waals surface area contributed by atoms with Gasteiger partial charge in [-0.3, -0.25) is 9.69 Å². The molecule has 3 rings (SSSR count). The lowest BCUT2D eigenvalue weighted by atomic mass is 10.1. The number of nitrogens with one attached hydrogen (secondary N) is 1. The zero-order chi connectivity index (χ0) is 17.6. The zero-order valence-electron chi connectivity index (χ0n) is 15.1. The zero-order valence-corrected chi connectivity index (χ0v) is 15.1. The van der Waals surface area contributed by atoms with Gasteiger partial charge in [-0.1, -0.05) is 31.2 Å². The molecule has 134 valence electrons. The maximum Gasteiger partial charge on any atom is 0.287 e. The molecule has 1 aliphatic heterocycles. The van der Waals surface area contributed by atoms with Gasteiger partial charge < -0.3 is 14.6 Å². The first kappa shape index (κ1) is 17.7. The van der Waals surface area contributed by atoms with Crippen molar-refractivity contribution in [3.8, 4) is 0 Å². The van der Waals surface area contributed by atoms with E-state index in [1.54, 1.807) is 12.1 Å². The van der Waals surface area contributed by atoms with Crippen LogP contribution in [0.1, 0.15) is 34.4 Å². The number of nitrogens with zero attached hydrogens (tertiary/aromatic N) is 2. The van der Waals surface area contributed by atoms with Gasteiger partial charge in [0.25, 0.3) is 5.91 Å². The summed E-state index contributed by atoms with van der Waals surface area (Å²) in [4.78, 5) is 17.0. The number of hydrogen-bond donors (Lipinski definition) is 1. The monoisotopic (exact) mass is 341 g/mol. The van der Waals surface area contributed by atoms with Gasteiger partial charge in [0.05, 0.1) is 0 Å². The molecule has 0 atom stereocenters. The molecule has 0 aliphatic carbocycles. The number of rotatable bonds is 6. The molecule has 5 nitrogen and oxygen atoms in total. The van der Waals surface area contributed by atoms with Gasteiger partial charge in [-0.05, 0) is 36.7 Å². The van der Waals surface area contributed by atoms with Gasteiger partial charge >= 0.3 is 0 Å². The molecular weight excluding hydrogens is 314 g/mol. The molecule has 25 heavy (non-hydrogen) atoms. The van der Waals surface area contributed by atoms with E-state index in [4.69, 9.17) is 4.42 Å². The number of hydrogen-bond acceptors (Lipinski definition) is 4. The molecule has 1 amide bonds. The van der Waals surface area contributed by atoms with Crippen molar-refractivity contribution in [2.75, 3.05) is 32.7 Å². The fourth-order valence-corrected chi connectivity index (χ4v) is 3.11. The van der Waals surface area contributed by atoms with Crippen LogP contribution in [0.2, 0.25) is 0 Å². The van der Waals surface area contributed by atoms with E-state index in [-0.39, 0.29) is 5.91 Å². The Kier molecular flexibility index (Phi) is 5.89. The Bertz CT molecular complexity index is 685. The molecular formula is C20H27N3O2. The number of furan rings is 1. The highest BCUT2D eigenvalue weighted by molar-refractivity contribution is 5.91. The van der Waals surface area contributed by atoms with Crippen molar-refractivity contribution in [1.29, 1.82) is 0 Å². The van der Waals surface area contributed by atoms with Crippen molar-refractivity contribution in [1.82, 2.24) is 15.1 Å². The van der Waals surface area contributed by atoms with Crippen molar-refractivity contribution in [2.45, 2.75) is 26.9 Å². The third-order valence-corrected chi connectivity index (χ3v) is 4.76. The average molecular weight is 341 g/mol. The highest BCUT2D eigenvalue weighted by Gasteiger charge is 2.15. The van der Waals surface area contributed by atoms with Crippen molar-refractivity contribution >= 4 is 5.91 Å². The van der Waals surface area contributed by atoms with Crippen LogP contribution in [0.15, 0.2) is 40.8 Å². The normalized spacial score (nSPS) is 16.1. The van der Waals surface area contributed by atoms with Crippen LogP contribution in [-0.4, -0.2) is 48.4 Å². The lowest BCUT2D eigenvalue weighted by Gasteiger charge is -2.34. The van der Waals surface area contributed by atoms with Gasteiger partial charge in [0, 0.05) is 39.3 Å². The highest BCUT2D eigenvalue weighted by atomic mass is 16.3. The minimum Gasteiger partial charge on any atom is -0.456 e. The molecule has 0 radical (unpaired) electrons. The Labute approximate surface area is 149 Å². The summed E-state index contributed by atoms with van der Waals surface area (Å²) in [5, 5.41) is 2.89. The Morgan fingerprint density at radius 1 is 1.00 bits per heavy atom. The number of amides is 1. The molecule has 5 heteroatoms. The van der Waals surface area contributed by atoms with E-state index in [1.165, 1.54) is 5.56 Å². The third kappa shape index (κ3) is 4.94. The second-order valence-electron chi connectivity index (χ2n) is 6.62. The summed E-state index contributed by atoms with van der Waals surface area (Å²) in [6.07, 6.45) is 0. The van der Waals surface area contributed by atoms with Gasteiger partial charge in [-0.2, -0.15) is 0 Å². The minimum absolute atomic E-state index is 0.175. The first-order valence-electron chi connectivity index (χ1n) is 9.01. The highest BCUT2D eigenvalue weighted by Crippen LogP contribution is 2.11. The van der Waals surface area contributed by atoms with E-state index in [2.05, 4.69) is 46.3 Å². The number of aryl methyl sites for hydroxylation is 1. The van der Waals surface area contributed by atoms with Gasteiger partial charge in [0.15, 0.2) is 5.76 Å². The molecule has 1 N–H and O–H groups in total. The fourth-order valence-electron chi connectivity index (χ4n) is 3.11. The molecule has 1 aromatic carbocycles. The molecule has 0 saturated carbocycles. The summed E-state index contributed by atoms with van der Waals surface area (Å²) >= 11 is 0. The lowest BCUT2D eigenvalue weighted by Crippen LogP contribution is -2.45. The molecule has 1 saturated heterocycles. The molecule has 0 unspecified atom stereocenters. The van der Waals surface area contributed by atoms with Crippen molar-refractivity contribution in [3.05, 3.63) is 59.0 Å². The van der Waals surface area contributed by atoms with E-state index < -0.39 is 0 Å². The quantitative estimate of drug-likeness (QED) is 0.878. The topological polar surface area (TPSA) is 48.7 Å². The predicted molar refractivity (Wildman–Crippen MR) is 98.4 cm³/mol. The van der Waals surface area contributed by atoms with Crippen molar-refractivity contribution in [2.24, 2.45) is 0 Å². The first-order valence-corrected chi connectivity index (χ1v) is 9.01. The van der Waals surface area contributed by atoms with Gasteiger partial charge in [0.1, 0.15) is 5.76 Å². The van der Waals surface area contributed by atoms with Gasteiger partial charge in [0.2, 0.25) is 0 Å². The Morgan fingerprint density at radius 2 is 1.64 bits per heavy atom. The summed E-state index contributed by atoms with van der Waals surface area (Å²) in [6.45, 7) is 11.3. The molecule has 1 aromatic heterocycles. The number of carbonyl (C=O) groups is 1. The lowest BCUT2D eigenvalue weighted by molar-refractivity contribution is 0.0922. The second-order valence-corrected chi connectivity index (χ2v) is 6.62. The fraction of sp³-hybridized carbons (Fsp3) is 0.450. The summed E-state index contributed by atoms with van der Waals surface area (Å²) in [7, 11) is 0. The van der Waals surface area contributed by atoms with Crippen LogP contribution in [-0.2, 0) is 13.1 Å². The SMILES string of the molecule is CCN1CCN(Cc2ccc(CNC(=O)c3ccc(C)o3)cc2)CC1. The molecule has 1 fully saturated rings. The smallest absolute Gasteiger partial charge is 0.287 e. The van der Waals surface area contributed by atoms with Crippen LogP contribution in [0, 0.1) is 6.92 Å². The summed E-state index contributed by atoms with van der Waals surface area (Å²) < 4.78 is 5.33. The van der Waals surface area contributed by atoms with E-state index in [0.29, 0.717) is 12.3 Å². The minimum atomic E-state index is -0.175. The average Bonchev–Trinajstić information content (AvgIpc) is 3.08. The van der Waals surface area contributed by atoms with E-state index >= 15 is 0 Å². The Hall–Kier alpha value is -2.11. The first-order chi connectivity index (χ1) is 12.1. The standard InChI is InChI=1S/C20H27N3O2/c1-3-22-10-12-23(13-11-22)15-18-7-5-17(6-8-18)14-21-20(24)19-9-4-16(2)25-19/h4-9H,3,10-15H2,1-2H3,(H,21,24). The number of likely N-dealkylation sites (N-methyl/N-ethyl adjacent to an activating group) is 1. The maximum absolute atomic E-state index is 12.0.